The van der Waals surface area contributed by atoms with Crippen molar-refractivity contribution in [2.24, 2.45) is 0 Å². The number of carbonyl (C=O) groups excluding carboxylic acids is 1. The molecule has 0 N–H and O–H groups in total. The molecule has 150 valence electrons. The number of carbonyl (C=O) groups is 1. The van der Waals surface area contributed by atoms with Crippen LogP contribution < -0.4 is 4.90 Å². The number of amides is 1. The second-order valence-electron chi connectivity index (χ2n) is 6.84. The molecular formula is C21H23F3N2OS. The number of hydrogen-bond acceptors (Lipinski definition) is 3. The molecule has 28 heavy (non-hydrogen) atoms. The molecule has 1 aliphatic rings. The van der Waals surface area contributed by atoms with Crippen LogP contribution in [-0.4, -0.2) is 42.7 Å². The van der Waals surface area contributed by atoms with Gasteiger partial charge in [-0.2, -0.15) is 13.2 Å². The Morgan fingerprint density at radius 3 is 2.43 bits per heavy atom. The molecule has 0 unspecified atom stereocenters. The number of piperazine rings is 1. The highest BCUT2D eigenvalue weighted by Gasteiger charge is 2.31. The molecule has 0 radical (unpaired) electrons. The highest BCUT2D eigenvalue weighted by atomic mass is 32.2. The van der Waals surface area contributed by atoms with Gasteiger partial charge < -0.3 is 9.80 Å². The number of halogens is 3. The van der Waals surface area contributed by atoms with Crippen LogP contribution in [-0.2, 0) is 16.7 Å². The number of aryl methyl sites for hydroxylation is 1. The van der Waals surface area contributed by atoms with Crippen molar-refractivity contribution >= 4 is 23.4 Å². The third kappa shape index (κ3) is 5.22. The second-order valence-corrected chi connectivity index (χ2v) is 7.82. The number of alkyl halides is 3. The van der Waals surface area contributed by atoms with E-state index in [2.05, 4.69) is 19.1 Å². The van der Waals surface area contributed by atoms with Gasteiger partial charge in [0.05, 0.1) is 11.3 Å². The van der Waals surface area contributed by atoms with Crippen LogP contribution in [0.1, 0.15) is 16.7 Å². The molecule has 1 saturated heterocycles. The summed E-state index contributed by atoms with van der Waals surface area (Å²) in [6, 6.07) is 13.5. The van der Waals surface area contributed by atoms with Crippen LogP contribution in [0.2, 0.25) is 0 Å². The lowest BCUT2D eigenvalue weighted by molar-refractivity contribution is -0.137. The summed E-state index contributed by atoms with van der Waals surface area (Å²) in [4.78, 5) is 16.1. The van der Waals surface area contributed by atoms with E-state index in [9.17, 15) is 18.0 Å². The third-order valence-corrected chi connectivity index (χ3v) is 5.88. The van der Waals surface area contributed by atoms with E-state index in [0.29, 0.717) is 37.6 Å². The van der Waals surface area contributed by atoms with Crippen molar-refractivity contribution in [3.05, 3.63) is 65.2 Å². The van der Waals surface area contributed by atoms with Gasteiger partial charge in [-0.1, -0.05) is 30.3 Å². The van der Waals surface area contributed by atoms with Crippen LogP contribution in [0.3, 0.4) is 0 Å². The van der Waals surface area contributed by atoms with Gasteiger partial charge >= 0.3 is 6.18 Å². The molecule has 1 fully saturated rings. The number of anilines is 1. The van der Waals surface area contributed by atoms with Gasteiger partial charge in [-0.25, -0.2) is 0 Å². The summed E-state index contributed by atoms with van der Waals surface area (Å²) in [5.41, 5.74) is 2.36. The van der Waals surface area contributed by atoms with Gasteiger partial charge in [0.2, 0.25) is 5.91 Å². The Labute approximate surface area is 167 Å². The highest BCUT2D eigenvalue weighted by molar-refractivity contribution is 7.99. The van der Waals surface area contributed by atoms with Crippen molar-refractivity contribution in [1.29, 1.82) is 0 Å². The molecular weight excluding hydrogens is 385 g/mol. The summed E-state index contributed by atoms with van der Waals surface area (Å²) in [5.74, 6) is 1.29. The normalized spacial score (nSPS) is 15.0. The van der Waals surface area contributed by atoms with Crippen LogP contribution >= 0.6 is 11.8 Å². The minimum Gasteiger partial charge on any atom is -0.368 e. The topological polar surface area (TPSA) is 23.6 Å². The Bertz CT molecular complexity index is 817. The van der Waals surface area contributed by atoms with E-state index < -0.39 is 11.7 Å². The predicted octanol–water partition coefficient (Wildman–Crippen LogP) is 4.60. The van der Waals surface area contributed by atoms with E-state index in [0.717, 1.165) is 11.8 Å². The van der Waals surface area contributed by atoms with Gasteiger partial charge in [-0.05, 0) is 36.2 Å². The summed E-state index contributed by atoms with van der Waals surface area (Å²) in [6.07, 6.45) is -4.35. The maximum atomic E-state index is 12.9. The summed E-state index contributed by atoms with van der Waals surface area (Å²) in [6.45, 7) is 4.19. The average Bonchev–Trinajstić information content (AvgIpc) is 2.69. The molecule has 1 amide bonds. The second kappa shape index (κ2) is 8.90. The Balaban J connectivity index is 1.48. The van der Waals surface area contributed by atoms with Crippen LogP contribution in [0.15, 0.2) is 48.5 Å². The van der Waals surface area contributed by atoms with E-state index in [-0.39, 0.29) is 5.91 Å². The van der Waals surface area contributed by atoms with Gasteiger partial charge in [0.25, 0.3) is 0 Å². The minimum atomic E-state index is -4.35. The Morgan fingerprint density at radius 2 is 1.75 bits per heavy atom. The van der Waals surface area contributed by atoms with Crippen molar-refractivity contribution in [2.45, 2.75) is 18.9 Å². The molecule has 0 spiro atoms. The monoisotopic (exact) mass is 408 g/mol. The number of hydrogen-bond donors (Lipinski definition) is 0. The SMILES string of the molecule is Cc1ccccc1CSCC(=O)N1CCN(c2cccc(C(F)(F)F)c2)CC1. The van der Waals surface area contributed by atoms with E-state index in [4.69, 9.17) is 0 Å². The molecule has 0 atom stereocenters. The molecule has 1 heterocycles. The van der Waals surface area contributed by atoms with E-state index in [1.807, 2.05) is 17.0 Å². The van der Waals surface area contributed by atoms with Crippen molar-refractivity contribution < 1.29 is 18.0 Å². The zero-order chi connectivity index (χ0) is 20.1. The van der Waals surface area contributed by atoms with E-state index in [1.54, 1.807) is 22.7 Å². The van der Waals surface area contributed by atoms with Crippen molar-refractivity contribution in [1.82, 2.24) is 4.90 Å². The van der Waals surface area contributed by atoms with E-state index in [1.165, 1.54) is 23.3 Å². The summed E-state index contributed by atoms with van der Waals surface area (Å²) in [7, 11) is 0. The summed E-state index contributed by atoms with van der Waals surface area (Å²) < 4.78 is 38.7. The Kier molecular flexibility index (Phi) is 6.54. The molecule has 2 aromatic carbocycles. The Morgan fingerprint density at radius 1 is 1.04 bits per heavy atom. The highest BCUT2D eigenvalue weighted by Crippen LogP contribution is 2.32. The van der Waals surface area contributed by atoms with Gasteiger partial charge in [-0.15, -0.1) is 11.8 Å². The maximum Gasteiger partial charge on any atom is 0.416 e. The van der Waals surface area contributed by atoms with Crippen LogP contribution in [0, 0.1) is 6.92 Å². The molecule has 7 heteroatoms. The minimum absolute atomic E-state index is 0.0854. The number of nitrogens with zero attached hydrogens (tertiary/aromatic N) is 2. The molecule has 3 nitrogen and oxygen atoms in total. The standard InChI is InChI=1S/C21H23F3N2OS/c1-16-5-2-3-6-17(16)14-28-15-20(27)26-11-9-25(10-12-26)19-8-4-7-18(13-19)21(22,23)24/h2-8,13H,9-12,14-15H2,1H3. The summed E-state index contributed by atoms with van der Waals surface area (Å²) in [5, 5.41) is 0. The first-order chi connectivity index (χ1) is 13.3. The smallest absolute Gasteiger partial charge is 0.368 e. The largest absolute Gasteiger partial charge is 0.416 e. The zero-order valence-electron chi connectivity index (χ0n) is 15.7. The fraction of sp³-hybridized carbons (Fsp3) is 0.381. The predicted molar refractivity (Wildman–Crippen MR) is 108 cm³/mol. The molecule has 0 saturated carbocycles. The lowest BCUT2D eigenvalue weighted by Gasteiger charge is -2.36. The van der Waals surface area contributed by atoms with Crippen LogP contribution in [0.4, 0.5) is 18.9 Å². The first-order valence-electron chi connectivity index (χ1n) is 9.17. The fourth-order valence-electron chi connectivity index (χ4n) is 3.20. The zero-order valence-corrected chi connectivity index (χ0v) is 16.5. The van der Waals surface area contributed by atoms with Gasteiger partial charge in [0, 0.05) is 37.6 Å². The van der Waals surface area contributed by atoms with Gasteiger partial charge in [0.15, 0.2) is 0 Å². The third-order valence-electron chi connectivity index (χ3n) is 4.92. The molecule has 0 aromatic heterocycles. The molecule has 0 aliphatic carbocycles. The van der Waals surface area contributed by atoms with Crippen molar-refractivity contribution in [2.75, 3.05) is 36.8 Å². The lowest BCUT2D eigenvalue weighted by atomic mass is 10.1. The average molecular weight is 408 g/mol. The van der Waals surface area contributed by atoms with Crippen LogP contribution in [0.25, 0.3) is 0 Å². The summed E-state index contributed by atoms with van der Waals surface area (Å²) >= 11 is 1.59. The van der Waals surface area contributed by atoms with Gasteiger partial charge in [-0.3, -0.25) is 4.79 Å². The Hall–Kier alpha value is -2.15. The first kappa shape index (κ1) is 20.6. The van der Waals surface area contributed by atoms with Gasteiger partial charge in [0.1, 0.15) is 0 Å². The lowest BCUT2D eigenvalue weighted by Crippen LogP contribution is -2.49. The quantitative estimate of drug-likeness (QED) is 0.723. The van der Waals surface area contributed by atoms with Crippen molar-refractivity contribution in [3.63, 3.8) is 0 Å². The maximum absolute atomic E-state index is 12.9. The fourth-order valence-corrected chi connectivity index (χ4v) is 4.21. The molecule has 0 bridgehead atoms. The number of rotatable bonds is 5. The molecule has 1 aliphatic heterocycles. The number of thioether (sulfide) groups is 1. The first-order valence-corrected chi connectivity index (χ1v) is 10.3. The van der Waals surface area contributed by atoms with Crippen LogP contribution in [0.5, 0.6) is 0 Å². The molecule has 3 rings (SSSR count). The van der Waals surface area contributed by atoms with Crippen molar-refractivity contribution in [3.8, 4) is 0 Å². The molecule has 2 aromatic rings. The number of benzene rings is 2. The van der Waals surface area contributed by atoms with E-state index >= 15 is 0 Å².